The van der Waals surface area contributed by atoms with E-state index >= 15 is 0 Å². The zero-order valence-electron chi connectivity index (χ0n) is 10.8. The van der Waals surface area contributed by atoms with Gasteiger partial charge in [-0.3, -0.25) is 0 Å². The maximum Gasteiger partial charge on any atom is 0.255 e. The number of alkyl halides is 2. The summed E-state index contributed by atoms with van der Waals surface area (Å²) in [5, 5.41) is 6.51. The molecule has 0 saturated heterocycles. The van der Waals surface area contributed by atoms with E-state index in [9.17, 15) is 8.78 Å². The molecule has 0 unspecified atom stereocenters. The molecule has 0 amide bonds. The monoisotopic (exact) mass is 286 g/mol. The first kappa shape index (κ1) is 13.9. The van der Waals surface area contributed by atoms with Gasteiger partial charge in [-0.2, -0.15) is 4.98 Å². The number of nitrogens with zero attached hydrogens (tertiary/aromatic N) is 2. The van der Waals surface area contributed by atoms with Gasteiger partial charge in [-0.05, 0) is 19.4 Å². The summed E-state index contributed by atoms with van der Waals surface area (Å²) in [7, 11) is 0. The van der Waals surface area contributed by atoms with Gasteiger partial charge in [0.25, 0.3) is 6.43 Å². The van der Waals surface area contributed by atoms with Crippen molar-refractivity contribution >= 4 is 33.3 Å². The van der Waals surface area contributed by atoms with Crippen LogP contribution in [0.15, 0.2) is 6.07 Å². The molecule has 19 heavy (non-hydrogen) atoms. The Morgan fingerprint density at radius 1 is 1.26 bits per heavy atom. The minimum absolute atomic E-state index is 0.408. The molecular weight excluding hydrogens is 270 g/mol. The minimum Gasteiger partial charge on any atom is -0.364 e. The van der Waals surface area contributed by atoms with Crippen molar-refractivity contribution in [2.75, 3.05) is 23.7 Å². The lowest BCUT2D eigenvalue weighted by Gasteiger charge is -2.08. The summed E-state index contributed by atoms with van der Waals surface area (Å²) in [6.45, 7) is 4.27. The molecule has 0 spiro atoms. The summed E-state index contributed by atoms with van der Waals surface area (Å²) in [4.78, 5) is 10.6. The third-order valence-electron chi connectivity index (χ3n) is 2.55. The largest absolute Gasteiger partial charge is 0.364 e. The number of nitrogens with one attached hydrogen (secondary N) is 2. The molecule has 2 aromatic heterocycles. The van der Waals surface area contributed by atoms with Crippen LogP contribution >= 0.6 is 11.3 Å². The molecule has 104 valence electrons. The molecule has 0 saturated carbocycles. The number of fused-ring (bicyclic) bond motifs is 1. The number of thiophene rings is 1. The number of halogens is 2. The Morgan fingerprint density at radius 3 is 2.68 bits per heavy atom. The van der Waals surface area contributed by atoms with Crippen molar-refractivity contribution in [1.82, 2.24) is 9.97 Å². The number of hydrogen-bond donors (Lipinski definition) is 2. The molecular formula is C12H16F2N4S. The van der Waals surface area contributed by atoms with E-state index in [0.717, 1.165) is 21.5 Å². The van der Waals surface area contributed by atoms with Crippen molar-refractivity contribution in [2.24, 2.45) is 0 Å². The number of aromatic nitrogens is 2. The second-order valence-electron chi connectivity index (χ2n) is 3.98. The molecule has 0 aliphatic rings. The first-order valence-corrected chi connectivity index (χ1v) is 7.02. The van der Waals surface area contributed by atoms with E-state index in [-0.39, 0.29) is 0 Å². The highest BCUT2D eigenvalue weighted by Gasteiger charge is 2.12. The molecule has 0 aromatic carbocycles. The van der Waals surface area contributed by atoms with Gasteiger partial charge in [0.1, 0.15) is 10.6 Å². The molecule has 0 fully saturated rings. The zero-order chi connectivity index (χ0) is 13.8. The van der Waals surface area contributed by atoms with Gasteiger partial charge in [0.2, 0.25) is 5.95 Å². The fraction of sp³-hybridized carbons (Fsp3) is 0.500. The van der Waals surface area contributed by atoms with Gasteiger partial charge in [0.15, 0.2) is 0 Å². The maximum absolute atomic E-state index is 12.3. The van der Waals surface area contributed by atoms with Crippen LogP contribution in [-0.4, -0.2) is 29.5 Å². The molecule has 7 heteroatoms. The van der Waals surface area contributed by atoms with Crippen molar-refractivity contribution in [3.63, 3.8) is 0 Å². The lowest BCUT2D eigenvalue weighted by atomic mass is 10.3. The van der Waals surface area contributed by atoms with Crippen LogP contribution in [0.2, 0.25) is 0 Å². The Bertz CT molecular complexity index is 556. The Hall–Kier alpha value is -1.50. The van der Waals surface area contributed by atoms with Crippen molar-refractivity contribution in [2.45, 2.75) is 26.7 Å². The summed E-state index contributed by atoms with van der Waals surface area (Å²) in [5.41, 5.74) is 0. The smallest absolute Gasteiger partial charge is 0.255 e. The molecule has 0 radical (unpaired) electrons. The maximum atomic E-state index is 12.3. The van der Waals surface area contributed by atoms with Crippen LogP contribution < -0.4 is 10.6 Å². The van der Waals surface area contributed by atoms with Crippen LogP contribution in [-0.2, 0) is 6.42 Å². The summed E-state index contributed by atoms with van der Waals surface area (Å²) in [6.07, 6.45) is -1.51. The fourth-order valence-electron chi connectivity index (χ4n) is 1.69. The molecule has 2 rings (SSSR count). The molecule has 2 heterocycles. The SMILES string of the molecule is CCNc1nc(NCC(F)F)c2cc(CC)sc2n1. The predicted octanol–water partition coefficient (Wildman–Crippen LogP) is 3.36. The van der Waals surface area contributed by atoms with Gasteiger partial charge in [-0.1, -0.05) is 6.92 Å². The number of rotatable bonds is 6. The highest BCUT2D eigenvalue weighted by molar-refractivity contribution is 7.18. The third kappa shape index (κ3) is 3.28. The molecule has 0 bridgehead atoms. The van der Waals surface area contributed by atoms with Crippen molar-refractivity contribution in [3.8, 4) is 0 Å². The summed E-state index contributed by atoms with van der Waals surface area (Å²) in [6, 6.07) is 1.96. The van der Waals surface area contributed by atoms with Gasteiger partial charge in [0, 0.05) is 11.4 Å². The highest BCUT2D eigenvalue weighted by atomic mass is 32.1. The van der Waals surface area contributed by atoms with E-state index in [1.54, 1.807) is 11.3 Å². The second kappa shape index (κ2) is 6.10. The summed E-state index contributed by atoms with van der Waals surface area (Å²) >= 11 is 1.57. The molecule has 2 N–H and O–H groups in total. The molecule has 2 aromatic rings. The first-order valence-electron chi connectivity index (χ1n) is 6.20. The van der Waals surface area contributed by atoms with Crippen molar-refractivity contribution < 1.29 is 8.78 Å². The lowest BCUT2D eigenvalue weighted by molar-refractivity contribution is 0.163. The standard InChI is InChI=1S/C12H16F2N4S/c1-3-7-5-8-10(16-6-9(13)14)17-12(15-4-2)18-11(8)19-7/h5,9H,3-4,6H2,1-2H3,(H2,15,16,17,18). The molecule has 0 aliphatic carbocycles. The van der Waals surface area contributed by atoms with Gasteiger partial charge < -0.3 is 10.6 Å². The summed E-state index contributed by atoms with van der Waals surface area (Å²) in [5.74, 6) is 0.938. The average molecular weight is 286 g/mol. The van der Waals surface area contributed by atoms with E-state index in [4.69, 9.17) is 0 Å². The Kier molecular flexibility index (Phi) is 4.47. The zero-order valence-corrected chi connectivity index (χ0v) is 11.7. The van der Waals surface area contributed by atoms with Gasteiger partial charge in [-0.15, -0.1) is 11.3 Å². The van der Waals surface area contributed by atoms with Gasteiger partial charge in [0.05, 0.1) is 11.9 Å². The number of hydrogen-bond acceptors (Lipinski definition) is 5. The van der Waals surface area contributed by atoms with Crippen LogP contribution in [0.4, 0.5) is 20.5 Å². The topological polar surface area (TPSA) is 49.8 Å². The van der Waals surface area contributed by atoms with Crippen LogP contribution in [0, 0.1) is 0 Å². The van der Waals surface area contributed by atoms with Crippen LogP contribution in [0.25, 0.3) is 10.2 Å². The minimum atomic E-state index is -2.41. The first-order chi connectivity index (χ1) is 9.13. The lowest BCUT2D eigenvalue weighted by Crippen LogP contribution is -2.13. The number of aryl methyl sites for hydroxylation is 1. The van der Waals surface area contributed by atoms with E-state index in [0.29, 0.717) is 18.3 Å². The van der Waals surface area contributed by atoms with Crippen LogP contribution in [0.5, 0.6) is 0 Å². The quantitative estimate of drug-likeness (QED) is 0.855. The fourth-order valence-corrected chi connectivity index (χ4v) is 2.66. The number of anilines is 2. The molecule has 4 nitrogen and oxygen atoms in total. The van der Waals surface area contributed by atoms with Gasteiger partial charge >= 0.3 is 0 Å². The Morgan fingerprint density at radius 2 is 2.05 bits per heavy atom. The van der Waals surface area contributed by atoms with E-state index in [1.807, 2.05) is 13.0 Å². The molecule has 0 atom stereocenters. The van der Waals surface area contributed by atoms with Gasteiger partial charge in [-0.25, -0.2) is 13.8 Å². The van der Waals surface area contributed by atoms with Crippen molar-refractivity contribution in [3.05, 3.63) is 10.9 Å². The van der Waals surface area contributed by atoms with E-state index < -0.39 is 13.0 Å². The third-order valence-corrected chi connectivity index (χ3v) is 3.72. The molecule has 0 aliphatic heterocycles. The van der Waals surface area contributed by atoms with E-state index in [2.05, 4.69) is 27.5 Å². The second-order valence-corrected chi connectivity index (χ2v) is 5.10. The van der Waals surface area contributed by atoms with Crippen molar-refractivity contribution in [1.29, 1.82) is 0 Å². The summed E-state index contributed by atoms with van der Waals surface area (Å²) < 4.78 is 24.6. The Balaban J connectivity index is 2.41. The Labute approximate surface area is 114 Å². The van der Waals surface area contributed by atoms with Crippen LogP contribution in [0.3, 0.4) is 0 Å². The normalized spacial score (nSPS) is 11.2. The highest BCUT2D eigenvalue weighted by Crippen LogP contribution is 2.30. The predicted molar refractivity (Wildman–Crippen MR) is 75.5 cm³/mol. The van der Waals surface area contributed by atoms with Crippen LogP contribution in [0.1, 0.15) is 18.7 Å². The van der Waals surface area contributed by atoms with E-state index in [1.165, 1.54) is 0 Å². The average Bonchev–Trinajstić information content (AvgIpc) is 2.79.